The molecule has 0 bridgehead atoms. The molecule has 0 atom stereocenters. The molecular weight excluding hydrogens is 316 g/mol. The highest BCUT2D eigenvalue weighted by Crippen LogP contribution is 2.11. The molecule has 2 aliphatic rings. The molecule has 6 nitrogen and oxygen atoms in total. The molecule has 6 heteroatoms. The quantitative estimate of drug-likeness (QED) is 0.409. The Morgan fingerprint density at radius 2 is 1.92 bits per heavy atom. The van der Waals surface area contributed by atoms with Crippen LogP contribution in [0.1, 0.15) is 40.0 Å². The molecule has 0 radical (unpaired) electrons. The summed E-state index contributed by atoms with van der Waals surface area (Å²) in [4.78, 5) is 9.78. The van der Waals surface area contributed by atoms with Gasteiger partial charge in [0.2, 0.25) is 0 Å². The minimum Gasteiger partial charge on any atom is -0.381 e. The SMILES string of the molecule is CCNC(=NCCCOC1CCOCC1)N1CCN(CC(C)C)CC1. The maximum atomic E-state index is 5.93. The van der Waals surface area contributed by atoms with Gasteiger partial charge in [-0.3, -0.25) is 9.89 Å². The van der Waals surface area contributed by atoms with Crippen LogP contribution in [0.2, 0.25) is 0 Å². The van der Waals surface area contributed by atoms with Gasteiger partial charge in [-0.05, 0) is 32.1 Å². The molecule has 0 saturated carbocycles. The molecule has 2 aliphatic heterocycles. The van der Waals surface area contributed by atoms with Gasteiger partial charge in [-0.1, -0.05) is 13.8 Å². The molecule has 2 rings (SSSR count). The van der Waals surface area contributed by atoms with E-state index in [1.165, 1.54) is 6.54 Å². The van der Waals surface area contributed by atoms with Crippen molar-refractivity contribution in [1.82, 2.24) is 15.1 Å². The van der Waals surface area contributed by atoms with Crippen molar-refractivity contribution in [2.45, 2.75) is 46.1 Å². The van der Waals surface area contributed by atoms with Crippen LogP contribution in [0.3, 0.4) is 0 Å². The Kier molecular flexibility index (Phi) is 9.58. The van der Waals surface area contributed by atoms with Crippen LogP contribution in [0.4, 0.5) is 0 Å². The highest BCUT2D eigenvalue weighted by atomic mass is 16.5. The fourth-order valence-electron chi connectivity index (χ4n) is 3.43. The second kappa shape index (κ2) is 11.7. The molecule has 0 unspecified atom stereocenters. The Morgan fingerprint density at radius 1 is 1.20 bits per heavy atom. The van der Waals surface area contributed by atoms with Crippen LogP contribution in [0.15, 0.2) is 4.99 Å². The molecule has 0 amide bonds. The summed E-state index contributed by atoms with van der Waals surface area (Å²) in [5.74, 6) is 1.81. The van der Waals surface area contributed by atoms with Gasteiger partial charge in [0.25, 0.3) is 0 Å². The van der Waals surface area contributed by atoms with E-state index < -0.39 is 0 Å². The van der Waals surface area contributed by atoms with E-state index in [4.69, 9.17) is 14.5 Å². The van der Waals surface area contributed by atoms with Crippen LogP contribution in [0.5, 0.6) is 0 Å². The monoisotopic (exact) mass is 354 g/mol. The largest absolute Gasteiger partial charge is 0.381 e. The molecule has 0 spiro atoms. The van der Waals surface area contributed by atoms with E-state index in [9.17, 15) is 0 Å². The van der Waals surface area contributed by atoms with Crippen molar-refractivity contribution in [3.05, 3.63) is 0 Å². The van der Waals surface area contributed by atoms with E-state index in [0.717, 1.165) is 90.2 Å². The van der Waals surface area contributed by atoms with Crippen LogP contribution in [-0.2, 0) is 9.47 Å². The first-order valence-electron chi connectivity index (χ1n) is 10.1. The Morgan fingerprint density at radius 3 is 2.56 bits per heavy atom. The molecule has 0 aromatic carbocycles. The van der Waals surface area contributed by atoms with Crippen molar-refractivity contribution in [2.75, 3.05) is 65.6 Å². The van der Waals surface area contributed by atoms with Gasteiger partial charge >= 0.3 is 0 Å². The first-order chi connectivity index (χ1) is 12.2. The maximum Gasteiger partial charge on any atom is 0.194 e. The van der Waals surface area contributed by atoms with Crippen molar-refractivity contribution in [2.24, 2.45) is 10.9 Å². The number of nitrogens with one attached hydrogen (secondary N) is 1. The number of rotatable bonds is 8. The van der Waals surface area contributed by atoms with Crippen LogP contribution in [0, 0.1) is 5.92 Å². The van der Waals surface area contributed by atoms with Gasteiger partial charge in [0.1, 0.15) is 0 Å². The lowest BCUT2D eigenvalue weighted by atomic mass is 10.1. The molecule has 25 heavy (non-hydrogen) atoms. The third-order valence-electron chi connectivity index (χ3n) is 4.72. The highest BCUT2D eigenvalue weighted by Gasteiger charge is 2.20. The molecule has 2 heterocycles. The summed E-state index contributed by atoms with van der Waals surface area (Å²) >= 11 is 0. The van der Waals surface area contributed by atoms with Crippen molar-refractivity contribution in [3.8, 4) is 0 Å². The molecular formula is C19H38N4O2. The first-order valence-corrected chi connectivity index (χ1v) is 10.1. The minimum absolute atomic E-state index is 0.389. The number of nitrogens with zero attached hydrogens (tertiary/aromatic N) is 3. The second-order valence-electron chi connectivity index (χ2n) is 7.45. The predicted molar refractivity (Wildman–Crippen MR) is 103 cm³/mol. The van der Waals surface area contributed by atoms with Gasteiger partial charge in [0.15, 0.2) is 5.96 Å². The number of ether oxygens (including phenoxy) is 2. The molecule has 1 N–H and O–H groups in total. The van der Waals surface area contributed by atoms with Gasteiger partial charge in [-0.2, -0.15) is 0 Å². The van der Waals surface area contributed by atoms with Gasteiger partial charge < -0.3 is 19.7 Å². The Bertz CT molecular complexity index is 376. The summed E-state index contributed by atoms with van der Waals surface area (Å²) in [5, 5.41) is 3.45. The van der Waals surface area contributed by atoms with E-state index in [2.05, 4.69) is 35.9 Å². The van der Waals surface area contributed by atoms with Crippen molar-refractivity contribution < 1.29 is 9.47 Å². The average Bonchev–Trinajstić information content (AvgIpc) is 2.62. The molecule has 2 fully saturated rings. The van der Waals surface area contributed by atoms with Gasteiger partial charge in [-0.15, -0.1) is 0 Å². The lowest BCUT2D eigenvalue weighted by Gasteiger charge is -2.37. The van der Waals surface area contributed by atoms with Gasteiger partial charge in [0, 0.05) is 65.6 Å². The van der Waals surface area contributed by atoms with E-state index in [0.29, 0.717) is 6.10 Å². The molecule has 0 aliphatic carbocycles. The average molecular weight is 355 g/mol. The summed E-state index contributed by atoms with van der Waals surface area (Å²) in [5.41, 5.74) is 0. The standard InChI is InChI=1S/C19H38N4O2/c1-4-20-19(23-11-9-22(10-12-23)16-17(2)3)21-8-5-13-25-18-6-14-24-15-7-18/h17-18H,4-16H2,1-3H3,(H,20,21). The summed E-state index contributed by atoms with van der Waals surface area (Å²) in [7, 11) is 0. The first kappa shape index (κ1) is 20.5. The predicted octanol–water partition coefficient (Wildman–Crippen LogP) is 1.81. The number of piperazine rings is 1. The van der Waals surface area contributed by atoms with Gasteiger partial charge in [-0.25, -0.2) is 0 Å². The van der Waals surface area contributed by atoms with E-state index in [1.807, 2.05) is 0 Å². The van der Waals surface area contributed by atoms with Gasteiger partial charge in [0.05, 0.1) is 6.10 Å². The lowest BCUT2D eigenvalue weighted by molar-refractivity contribution is -0.0318. The Balaban J connectivity index is 1.67. The van der Waals surface area contributed by atoms with Crippen molar-refractivity contribution >= 4 is 5.96 Å². The summed E-state index contributed by atoms with van der Waals surface area (Å²) in [6, 6.07) is 0. The topological polar surface area (TPSA) is 49.3 Å². The molecule has 0 aromatic rings. The molecule has 2 saturated heterocycles. The Labute approximate surface area is 153 Å². The number of hydrogen-bond acceptors (Lipinski definition) is 4. The van der Waals surface area contributed by atoms with E-state index >= 15 is 0 Å². The summed E-state index contributed by atoms with van der Waals surface area (Å²) in [6.45, 7) is 16.6. The zero-order chi connectivity index (χ0) is 17.9. The Hall–Kier alpha value is -0.850. The van der Waals surface area contributed by atoms with E-state index in [-0.39, 0.29) is 0 Å². The van der Waals surface area contributed by atoms with E-state index in [1.54, 1.807) is 0 Å². The molecule has 0 aromatic heterocycles. The fraction of sp³-hybridized carbons (Fsp3) is 0.947. The number of hydrogen-bond donors (Lipinski definition) is 1. The third-order valence-corrected chi connectivity index (χ3v) is 4.72. The summed E-state index contributed by atoms with van der Waals surface area (Å²) in [6.07, 6.45) is 3.44. The summed E-state index contributed by atoms with van der Waals surface area (Å²) < 4.78 is 11.3. The zero-order valence-corrected chi connectivity index (χ0v) is 16.5. The smallest absolute Gasteiger partial charge is 0.194 e. The second-order valence-corrected chi connectivity index (χ2v) is 7.45. The van der Waals surface area contributed by atoms with Crippen LogP contribution >= 0.6 is 0 Å². The van der Waals surface area contributed by atoms with Crippen LogP contribution < -0.4 is 5.32 Å². The van der Waals surface area contributed by atoms with Crippen LogP contribution in [0.25, 0.3) is 0 Å². The zero-order valence-electron chi connectivity index (χ0n) is 16.5. The molecule has 146 valence electrons. The van der Waals surface area contributed by atoms with Crippen molar-refractivity contribution in [3.63, 3.8) is 0 Å². The number of guanidine groups is 1. The lowest BCUT2D eigenvalue weighted by Crippen LogP contribution is -2.53. The highest BCUT2D eigenvalue weighted by molar-refractivity contribution is 5.80. The fourth-order valence-corrected chi connectivity index (χ4v) is 3.43. The van der Waals surface area contributed by atoms with Crippen molar-refractivity contribution in [1.29, 1.82) is 0 Å². The van der Waals surface area contributed by atoms with Crippen LogP contribution in [-0.4, -0.2) is 87.5 Å². The third kappa shape index (κ3) is 7.92. The minimum atomic E-state index is 0.389. The normalized spacial score (nSPS) is 21.1. The number of aliphatic imine (C=N–C) groups is 1. The maximum absolute atomic E-state index is 5.93.